The molecule has 3 rings (SSSR count). The lowest BCUT2D eigenvalue weighted by molar-refractivity contribution is -0.385. The largest absolute Gasteiger partial charge is 0.490 e. The van der Waals surface area contributed by atoms with Gasteiger partial charge in [0.1, 0.15) is 24.7 Å². The van der Waals surface area contributed by atoms with Crippen LogP contribution in [0.15, 0.2) is 72.8 Å². The molecule has 0 bridgehead atoms. The quantitative estimate of drug-likeness (QED) is 0.153. The Bertz CT molecular complexity index is 1160. The van der Waals surface area contributed by atoms with E-state index in [1.807, 2.05) is 0 Å². The fraction of sp³-hybridized carbons (Fsp3) is 0.0870. The summed E-state index contributed by atoms with van der Waals surface area (Å²) in [5.41, 5.74) is 1.70. The molecule has 9 nitrogen and oxygen atoms in total. The summed E-state index contributed by atoms with van der Waals surface area (Å²) < 4.78 is 11.1. The topological polar surface area (TPSA) is 129 Å². The van der Waals surface area contributed by atoms with Crippen molar-refractivity contribution in [3.05, 3.63) is 104 Å². The van der Waals surface area contributed by atoms with Crippen molar-refractivity contribution in [3.8, 4) is 17.6 Å². The first-order valence-electron chi connectivity index (χ1n) is 9.43. The average molecular weight is 431 g/mol. The van der Waals surface area contributed by atoms with Crippen molar-refractivity contribution in [2.24, 2.45) is 0 Å². The van der Waals surface area contributed by atoms with Crippen LogP contribution in [0.2, 0.25) is 0 Å². The Morgan fingerprint density at radius 3 is 1.66 bits per heavy atom. The first-order valence-corrected chi connectivity index (χ1v) is 9.43. The van der Waals surface area contributed by atoms with Gasteiger partial charge >= 0.3 is 0 Å². The molecule has 0 fully saturated rings. The van der Waals surface area contributed by atoms with Gasteiger partial charge in [0.2, 0.25) is 0 Å². The van der Waals surface area contributed by atoms with E-state index in [0.29, 0.717) is 22.6 Å². The standard InChI is InChI=1S/C23H17N3O6/c24-16-19(18-3-5-20(6-4-18)25(27)28)15-17-1-9-22(10-2-17)31-13-14-32-23-11-7-21(8-12-23)26(29)30/h1-12,15H,13-14H2/b19-15+. The van der Waals surface area contributed by atoms with Crippen molar-refractivity contribution in [2.45, 2.75) is 0 Å². The molecule has 0 radical (unpaired) electrons. The van der Waals surface area contributed by atoms with Crippen molar-refractivity contribution in [2.75, 3.05) is 13.2 Å². The molecule has 0 N–H and O–H groups in total. The summed E-state index contributed by atoms with van der Waals surface area (Å²) in [6.45, 7) is 0.538. The smallest absolute Gasteiger partial charge is 0.269 e. The highest BCUT2D eigenvalue weighted by molar-refractivity contribution is 5.89. The van der Waals surface area contributed by atoms with Crippen LogP contribution >= 0.6 is 0 Å². The summed E-state index contributed by atoms with van der Waals surface area (Å²) in [4.78, 5) is 20.4. The molecule has 9 heteroatoms. The molecule has 0 unspecified atom stereocenters. The number of nitriles is 1. The van der Waals surface area contributed by atoms with E-state index < -0.39 is 9.85 Å². The van der Waals surface area contributed by atoms with Crippen LogP contribution in [0.4, 0.5) is 11.4 Å². The fourth-order valence-corrected chi connectivity index (χ4v) is 2.75. The Morgan fingerprint density at radius 2 is 1.22 bits per heavy atom. The zero-order valence-corrected chi connectivity index (χ0v) is 16.7. The van der Waals surface area contributed by atoms with Gasteiger partial charge in [-0.2, -0.15) is 5.26 Å². The highest BCUT2D eigenvalue weighted by Crippen LogP contribution is 2.22. The van der Waals surface area contributed by atoms with Crippen molar-refractivity contribution >= 4 is 23.0 Å². The summed E-state index contributed by atoms with van der Waals surface area (Å²) in [6.07, 6.45) is 1.68. The van der Waals surface area contributed by atoms with Crippen molar-refractivity contribution in [1.82, 2.24) is 0 Å². The molecule has 0 heterocycles. The Balaban J connectivity index is 1.54. The van der Waals surface area contributed by atoms with Gasteiger partial charge in [0.15, 0.2) is 0 Å². The maximum absolute atomic E-state index is 10.8. The third-order valence-corrected chi connectivity index (χ3v) is 4.37. The highest BCUT2D eigenvalue weighted by Gasteiger charge is 2.07. The van der Waals surface area contributed by atoms with Gasteiger partial charge in [-0.25, -0.2) is 0 Å². The second-order valence-corrected chi connectivity index (χ2v) is 6.49. The predicted molar refractivity (Wildman–Crippen MR) is 117 cm³/mol. The van der Waals surface area contributed by atoms with E-state index in [1.165, 1.54) is 48.5 Å². The van der Waals surface area contributed by atoms with E-state index in [2.05, 4.69) is 6.07 Å². The third-order valence-electron chi connectivity index (χ3n) is 4.37. The highest BCUT2D eigenvalue weighted by atomic mass is 16.6. The van der Waals surface area contributed by atoms with E-state index in [-0.39, 0.29) is 24.6 Å². The van der Waals surface area contributed by atoms with Crippen LogP contribution in [0.1, 0.15) is 11.1 Å². The molecular weight excluding hydrogens is 414 g/mol. The first kappa shape index (κ1) is 22.0. The molecule has 3 aromatic carbocycles. The molecule has 32 heavy (non-hydrogen) atoms. The molecule has 0 aliphatic carbocycles. The van der Waals surface area contributed by atoms with Gasteiger partial charge in [0.05, 0.1) is 21.5 Å². The summed E-state index contributed by atoms with van der Waals surface area (Å²) >= 11 is 0. The van der Waals surface area contributed by atoms with Crippen LogP contribution in [0.25, 0.3) is 11.6 Å². The molecule has 0 aromatic heterocycles. The van der Waals surface area contributed by atoms with E-state index >= 15 is 0 Å². The van der Waals surface area contributed by atoms with Crippen LogP contribution < -0.4 is 9.47 Å². The molecule has 0 aliphatic heterocycles. The third kappa shape index (κ3) is 5.90. The molecule has 0 spiro atoms. The van der Waals surface area contributed by atoms with E-state index in [9.17, 15) is 25.5 Å². The van der Waals surface area contributed by atoms with Crippen LogP contribution in [0.5, 0.6) is 11.5 Å². The molecule has 0 saturated heterocycles. The van der Waals surface area contributed by atoms with Crippen LogP contribution in [0.3, 0.4) is 0 Å². The average Bonchev–Trinajstić information content (AvgIpc) is 2.81. The number of benzene rings is 3. The van der Waals surface area contributed by atoms with Gasteiger partial charge in [-0.3, -0.25) is 20.2 Å². The molecular formula is C23H17N3O6. The number of nitrogens with zero attached hydrogens (tertiary/aromatic N) is 3. The Labute approximate surface area is 183 Å². The van der Waals surface area contributed by atoms with Gasteiger partial charge in [0.25, 0.3) is 11.4 Å². The lowest BCUT2D eigenvalue weighted by Gasteiger charge is -2.08. The van der Waals surface area contributed by atoms with Gasteiger partial charge in [-0.15, -0.1) is 0 Å². The maximum atomic E-state index is 10.8. The predicted octanol–water partition coefficient (Wildman–Crippen LogP) is 5.02. The number of hydrogen-bond donors (Lipinski definition) is 0. The Hall–Kier alpha value is -4.71. The molecule has 160 valence electrons. The second kappa shape index (κ2) is 10.4. The Morgan fingerprint density at radius 1 is 0.781 bits per heavy atom. The van der Waals surface area contributed by atoms with E-state index in [4.69, 9.17) is 9.47 Å². The van der Waals surface area contributed by atoms with Gasteiger partial charge in [-0.05, 0) is 53.6 Å². The van der Waals surface area contributed by atoms with Gasteiger partial charge in [0, 0.05) is 24.3 Å². The number of rotatable bonds is 9. The first-order chi connectivity index (χ1) is 15.5. The minimum atomic E-state index is -0.491. The molecule has 0 amide bonds. The lowest BCUT2D eigenvalue weighted by atomic mass is 10.0. The molecule has 0 aliphatic rings. The number of allylic oxidation sites excluding steroid dienone is 1. The van der Waals surface area contributed by atoms with E-state index in [1.54, 1.807) is 30.3 Å². The van der Waals surface area contributed by atoms with Gasteiger partial charge < -0.3 is 9.47 Å². The number of non-ortho nitro benzene ring substituents is 2. The zero-order chi connectivity index (χ0) is 22.9. The number of nitro benzene ring substituents is 2. The monoisotopic (exact) mass is 431 g/mol. The lowest BCUT2D eigenvalue weighted by Crippen LogP contribution is -2.08. The maximum Gasteiger partial charge on any atom is 0.269 e. The molecule has 0 atom stereocenters. The van der Waals surface area contributed by atoms with Crippen molar-refractivity contribution in [1.29, 1.82) is 5.26 Å². The summed E-state index contributed by atoms with van der Waals surface area (Å²) in [6, 6.07) is 20.8. The fourth-order valence-electron chi connectivity index (χ4n) is 2.75. The molecule has 3 aromatic rings. The SMILES string of the molecule is N#C/C(=C\c1ccc(OCCOc2ccc([N+](=O)[O-])cc2)cc1)c1ccc([N+](=O)[O-])cc1. The summed E-state index contributed by atoms with van der Waals surface area (Å²) in [5.74, 6) is 1.12. The van der Waals surface area contributed by atoms with Crippen molar-refractivity contribution < 1.29 is 19.3 Å². The van der Waals surface area contributed by atoms with Gasteiger partial charge in [-0.1, -0.05) is 12.1 Å². The Kier molecular flexibility index (Phi) is 7.12. The van der Waals surface area contributed by atoms with Crippen LogP contribution in [0, 0.1) is 31.6 Å². The van der Waals surface area contributed by atoms with Crippen LogP contribution in [-0.4, -0.2) is 23.1 Å². The minimum Gasteiger partial charge on any atom is -0.490 e. The summed E-state index contributed by atoms with van der Waals surface area (Å²) in [5, 5.41) is 30.8. The zero-order valence-electron chi connectivity index (χ0n) is 16.7. The van der Waals surface area contributed by atoms with Crippen molar-refractivity contribution in [3.63, 3.8) is 0 Å². The number of ether oxygens (including phenoxy) is 2. The normalized spacial score (nSPS) is 10.8. The molecule has 0 saturated carbocycles. The summed E-state index contributed by atoms with van der Waals surface area (Å²) in [7, 11) is 0. The number of hydrogen-bond acceptors (Lipinski definition) is 7. The van der Waals surface area contributed by atoms with Crippen LogP contribution in [-0.2, 0) is 0 Å². The second-order valence-electron chi connectivity index (χ2n) is 6.49. The minimum absolute atomic E-state index is 0.00382. The van der Waals surface area contributed by atoms with E-state index in [0.717, 1.165) is 5.56 Å². The number of nitro groups is 2.